The van der Waals surface area contributed by atoms with Crippen molar-refractivity contribution in [3.63, 3.8) is 0 Å². The Labute approximate surface area is 175 Å². The van der Waals surface area contributed by atoms with Gasteiger partial charge in [-0.3, -0.25) is 9.59 Å². The number of carbonyl (C=O) groups excluding carboxylic acids is 2. The van der Waals surface area contributed by atoms with Gasteiger partial charge < -0.3 is 9.80 Å². The number of halogens is 3. The number of aryl methyl sites for hydroxylation is 1. The van der Waals surface area contributed by atoms with Gasteiger partial charge in [-0.25, -0.2) is 8.78 Å². The zero-order valence-electron chi connectivity index (χ0n) is 15.5. The first-order valence-corrected chi connectivity index (χ1v) is 10.3. The molecule has 0 aliphatic carbocycles. The van der Waals surface area contributed by atoms with Crippen molar-refractivity contribution >= 4 is 44.8 Å². The number of carbonyl (C=O) groups is 2. The molecule has 3 aromatic rings. The molecule has 4 nitrogen and oxygen atoms in total. The van der Waals surface area contributed by atoms with E-state index in [0.29, 0.717) is 42.0 Å². The minimum absolute atomic E-state index is 0.0661. The lowest BCUT2D eigenvalue weighted by atomic mass is 10.1. The normalized spacial score (nSPS) is 14.5. The minimum atomic E-state index is -0.503. The fraction of sp³-hybridized carbons (Fsp3) is 0.238. The quantitative estimate of drug-likeness (QED) is 0.584. The number of thiophene rings is 1. The van der Waals surface area contributed by atoms with Crippen LogP contribution in [0.15, 0.2) is 36.4 Å². The average molecular weight is 435 g/mol. The maximum Gasteiger partial charge on any atom is 0.264 e. The number of benzene rings is 2. The molecular formula is C21H17ClF2N2O2S. The molecule has 1 aliphatic rings. The molecule has 0 saturated carbocycles. The lowest BCUT2D eigenvalue weighted by Crippen LogP contribution is -2.50. The predicted octanol–water partition coefficient (Wildman–Crippen LogP) is 4.74. The van der Waals surface area contributed by atoms with Gasteiger partial charge in [-0.1, -0.05) is 17.7 Å². The van der Waals surface area contributed by atoms with E-state index in [0.717, 1.165) is 10.8 Å². The van der Waals surface area contributed by atoms with Gasteiger partial charge in [-0.05, 0) is 42.8 Å². The van der Waals surface area contributed by atoms with Gasteiger partial charge in [0.25, 0.3) is 11.8 Å². The minimum Gasteiger partial charge on any atom is -0.335 e. The van der Waals surface area contributed by atoms with Crippen molar-refractivity contribution < 1.29 is 18.4 Å². The number of rotatable bonds is 2. The Morgan fingerprint density at radius 3 is 2.28 bits per heavy atom. The number of fused-ring (bicyclic) bond motifs is 1. The second kappa shape index (κ2) is 7.72. The SMILES string of the molecule is Cc1c(C(=O)N2CCN(C(=O)c3ccc(F)cc3Cl)CC2)sc2cccc(F)c12. The van der Waals surface area contributed by atoms with E-state index < -0.39 is 5.82 Å². The van der Waals surface area contributed by atoms with Gasteiger partial charge in [0.2, 0.25) is 0 Å². The van der Waals surface area contributed by atoms with Crippen molar-refractivity contribution in [3.8, 4) is 0 Å². The van der Waals surface area contributed by atoms with Gasteiger partial charge in [0, 0.05) is 36.3 Å². The van der Waals surface area contributed by atoms with Gasteiger partial charge >= 0.3 is 0 Å². The Morgan fingerprint density at radius 1 is 1.00 bits per heavy atom. The molecule has 2 amide bonds. The number of nitrogens with zero attached hydrogens (tertiary/aromatic N) is 2. The van der Waals surface area contributed by atoms with E-state index >= 15 is 0 Å². The highest BCUT2D eigenvalue weighted by Gasteiger charge is 2.28. The molecule has 0 atom stereocenters. The highest BCUT2D eigenvalue weighted by molar-refractivity contribution is 7.21. The zero-order chi connectivity index (χ0) is 20.7. The summed E-state index contributed by atoms with van der Waals surface area (Å²) < 4.78 is 28.1. The maximum atomic E-state index is 14.1. The largest absolute Gasteiger partial charge is 0.335 e. The van der Waals surface area contributed by atoms with Crippen LogP contribution >= 0.6 is 22.9 Å². The van der Waals surface area contributed by atoms with Crippen LogP contribution in [0, 0.1) is 18.6 Å². The summed E-state index contributed by atoms with van der Waals surface area (Å²) in [6.45, 7) is 3.16. The number of hydrogen-bond acceptors (Lipinski definition) is 3. The summed E-state index contributed by atoms with van der Waals surface area (Å²) in [5.41, 5.74) is 0.883. The van der Waals surface area contributed by atoms with Crippen LogP contribution in [0.3, 0.4) is 0 Å². The van der Waals surface area contributed by atoms with Gasteiger partial charge in [0.1, 0.15) is 11.6 Å². The first-order chi connectivity index (χ1) is 13.9. The zero-order valence-corrected chi connectivity index (χ0v) is 17.1. The van der Waals surface area contributed by atoms with Crippen molar-refractivity contribution in [1.29, 1.82) is 0 Å². The standard InChI is InChI=1S/C21H17ClF2N2O2S/c1-12-18-16(24)3-2-4-17(18)29-19(12)21(28)26-9-7-25(8-10-26)20(27)14-6-5-13(23)11-15(14)22/h2-6,11H,7-10H2,1H3. The number of hydrogen-bond donors (Lipinski definition) is 0. The number of piperazine rings is 1. The Kier molecular flexibility index (Phi) is 5.27. The Balaban J connectivity index is 1.48. The molecular weight excluding hydrogens is 418 g/mol. The summed E-state index contributed by atoms with van der Waals surface area (Å²) in [6, 6.07) is 8.50. The first-order valence-electron chi connectivity index (χ1n) is 9.08. The molecule has 2 heterocycles. The van der Waals surface area contributed by atoms with Crippen LogP contribution in [0.1, 0.15) is 25.6 Å². The van der Waals surface area contributed by atoms with Crippen LogP contribution in [-0.4, -0.2) is 47.8 Å². The van der Waals surface area contributed by atoms with Gasteiger partial charge in [0.05, 0.1) is 15.5 Å². The van der Waals surface area contributed by atoms with Crippen LogP contribution in [0.4, 0.5) is 8.78 Å². The molecule has 29 heavy (non-hydrogen) atoms. The summed E-state index contributed by atoms with van der Waals surface area (Å²) in [5, 5.41) is 0.553. The van der Waals surface area contributed by atoms with Gasteiger partial charge in [-0.15, -0.1) is 11.3 Å². The van der Waals surface area contributed by atoms with E-state index in [9.17, 15) is 18.4 Å². The van der Waals surface area contributed by atoms with E-state index in [1.54, 1.807) is 28.9 Å². The van der Waals surface area contributed by atoms with E-state index in [-0.39, 0.29) is 28.2 Å². The van der Waals surface area contributed by atoms with Crippen molar-refractivity contribution in [2.45, 2.75) is 6.92 Å². The lowest BCUT2D eigenvalue weighted by molar-refractivity contribution is 0.0538. The molecule has 8 heteroatoms. The van der Waals surface area contributed by atoms with Crippen LogP contribution in [-0.2, 0) is 0 Å². The number of amides is 2. The highest BCUT2D eigenvalue weighted by Crippen LogP contribution is 2.33. The van der Waals surface area contributed by atoms with E-state index in [1.807, 2.05) is 0 Å². The molecule has 0 unspecified atom stereocenters. The fourth-order valence-electron chi connectivity index (χ4n) is 3.55. The fourth-order valence-corrected chi connectivity index (χ4v) is 4.99. The van der Waals surface area contributed by atoms with E-state index in [2.05, 4.69) is 0 Å². The third kappa shape index (κ3) is 3.60. The predicted molar refractivity (Wildman–Crippen MR) is 110 cm³/mol. The van der Waals surface area contributed by atoms with Crippen molar-refractivity contribution in [2.75, 3.05) is 26.2 Å². The Bertz CT molecular complexity index is 1120. The molecule has 0 bridgehead atoms. The lowest BCUT2D eigenvalue weighted by Gasteiger charge is -2.34. The monoisotopic (exact) mass is 434 g/mol. The third-order valence-electron chi connectivity index (χ3n) is 5.11. The van der Waals surface area contributed by atoms with Crippen LogP contribution in [0.25, 0.3) is 10.1 Å². The molecule has 4 rings (SSSR count). The summed E-state index contributed by atoms with van der Waals surface area (Å²) >= 11 is 7.27. The van der Waals surface area contributed by atoms with Crippen molar-refractivity contribution in [3.05, 3.63) is 69.1 Å². The second-order valence-electron chi connectivity index (χ2n) is 6.88. The third-order valence-corrected chi connectivity index (χ3v) is 6.67. The molecule has 0 N–H and O–H groups in total. The van der Waals surface area contributed by atoms with Crippen LogP contribution in [0.2, 0.25) is 5.02 Å². The molecule has 2 aromatic carbocycles. The van der Waals surface area contributed by atoms with Gasteiger partial charge in [0.15, 0.2) is 0 Å². The topological polar surface area (TPSA) is 40.6 Å². The first kappa shape index (κ1) is 19.8. The molecule has 150 valence electrons. The van der Waals surface area contributed by atoms with E-state index in [4.69, 9.17) is 11.6 Å². The summed E-state index contributed by atoms with van der Waals surface area (Å²) in [6.07, 6.45) is 0. The maximum absolute atomic E-state index is 14.1. The van der Waals surface area contributed by atoms with Crippen molar-refractivity contribution in [2.24, 2.45) is 0 Å². The Morgan fingerprint density at radius 2 is 1.66 bits per heavy atom. The molecule has 1 fully saturated rings. The second-order valence-corrected chi connectivity index (χ2v) is 8.34. The molecule has 0 spiro atoms. The summed E-state index contributed by atoms with van der Waals surface area (Å²) in [7, 11) is 0. The average Bonchev–Trinajstić information content (AvgIpc) is 3.05. The Hall–Kier alpha value is -2.51. The van der Waals surface area contributed by atoms with Crippen LogP contribution in [0.5, 0.6) is 0 Å². The summed E-state index contributed by atoms with van der Waals surface area (Å²) in [4.78, 5) is 29.4. The molecule has 1 aliphatic heterocycles. The van der Waals surface area contributed by atoms with E-state index in [1.165, 1.54) is 29.5 Å². The summed E-state index contributed by atoms with van der Waals surface area (Å²) in [5.74, 6) is -1.28. The molecule has 0 radical (unpaired) electrons. The van der Waals surface area contributed by atoms with Crippen molar-refractivity contribution in [1.82, 2.24) is 9.80 Å². The highest BCUT2D eigenvalue weighted by atomic mass is 35.5. The smallest absolute Gasteiger partial charge is 0.264 e. The van der Waals surface area contributed by atoms with Crippen LogP contribution < -0.4 is 0 Å². The molecule has 1 saturated heterocycles. The molecule has 1 aromatic heterocycles. The van der Waals surface area contributed by atoms with Gasteiger partial charge in [-0.2, -0.15) is 0 Å².